The monoisotopic (exact) mass is 210 g/mol. The van der Waals surface area contributed by atoms with Gasteiger partial charge in [0.2, 0.25) is 0 Å². The smallest absolute Gasteiger partial charge is 0.0948 e. The van der Waals surface area contributed by atoms with Crippen LogP contribution in [0, 0.1) is 0 Å². The quantitative estimate of drug-likeness (QED) is 0.670. The van der Waals surface area contributed by atoms with Crippen molar-refractivity contribution < 1.29 is 5.11 Å². The summed E-state index contributed by atoms with van der Waals surface area (Å²) in [6.07, 6.45) is 11.3. The maximum absolute atomic E-state index is 9.02. The molecule has 0 fully saturated rings. The average Bonchev–Trinajstić information content (AvgIpc) is 2.70. The SMILES string of the molecule is CCCCCCCCn1cncc1CO. The molecular formula is C12H22N2O. The van der Waals surface area contributed by atoms with Gasteiger partial charge in [-0.1, -0.05) is 39.0 Å². The Labute approximate surface area is 92.1 Å². The molecule has 0 unspecified atom stereocenters. The van der Waals surface area contributed by atoms with E-state index in [1.165, 1.54) is 38.5 Å². The molecule has 0 atom stereocenters. The largest absolute Gasteiger partial charge is 0.390 e. The lowest BCUT2D eigenvalue weighted by Crippen LogP contribution is -2.01. The second-order valence-electron chi connectivity index (χ2n) is 4.00. The molecule has 0 radical (unpaired) electrons. The number of rotatable bonds is 8. The Bertz CT molecular complexity index is 258. The zero-order chi connectivity index (χ0) is 10.9. The predicted octanol–water partition coefficient (Wildman–Crippen LogP) is 2.74. The minimum atomic E-state index is 0.0931. The first kappa shape index (κ1) is 12.2. The van der Waals surface area contributed by atoms with Crippen LogP contribution in [-0.4, -0.2) is 14.7 Å². The summed E-state index contributed by atoms with van der Waals surface area (Å²) in [7, 11) is 0. The molecule has 0 saturated carbocycles. The molecule has 0 aliphatic carbocycles. The summed E-state index contributed by atoms with van der Waals surface area (Å²) >= 11 is 0. The van der Waals surface area contributed by atoms with Gasteiger partial charge in [0.05, 0.1) is 24.8 Å². The number of hydrogen-bond donors (Lipinski definition) is 1. The number of unbranched alkanes of at least 4 members (excludes halogenated alkanes) is 5. The molecule has 0 aliphatic heterocycles. The summed E-state index contributed by atoms with van der Waals surface area (Å²) in [4.78, 5) is 4.02. The third-order valence-electron chi connectivity index (χ3n) is 2.71. The van der Waals surface area contributed by atoms with Gasteiger partial charge in [0.25, 0.3) is 0 Å². The molecule has 1 aromatic rings. The van der Waals surface area contributed by atoms with Crippen LogP contribution in [0.15, 0.2) is 12.5 Å². The summed E-state index contributed by atoms with van der Waals surface area (Å²) in [5, 5.41) is 9.02. The van der Waals surface area contributed by atoms with Gasteiger partial charge in [0, 0.05) is 6.54 Å². The molecule has 3 heteroatoms. The second-order valence-corrected chi connectivity index (χ2v) is 4.00. The van der Waals surface area contributed by atoms with E-state index in [1.54, 1.807) is 12.5 Å². The number of nitrogens with zero attached hydrogens (tertiary/aromatic N) is 2. The van der Waals surface area contributed by atoms with Crippen LogP contribution in [-0.2, 0) is 13.2 Å². The summed E-state index contributed by atoms with van der Waals surface area (Å²) in [6, 6.07) is 0. The highest BCUT2D eigenvalue weighted by Gasteiger charge is 1.99. The lowest BCUT2D eigenvalue weighted by atomic mass is 10.1. The van der Waals surface area contributed by atoms with Gasteiger partial charge in [-0.15, -0.1) is 0 Å². The summed E-state index contributed by atoms with van der Waals surface area (Å²) in [5.74, 6) is 0. The van der Waals surface area contributed by atoms with Crippen LogP contribution in [0.25, 0.3) is 0 Å². The van der Waals surface area contributed by atoms with E-state index in [4.69, 9.17) is 5.11 Å². The standard InChI is InChI=1S/C12H22N2O/c1-2-3-4-5-6-7-8-14-11-13-9-12(14)10-15/h9,11,15H,2-8,10H2,1H3. The molecule has 1 aromatic heterocycles. The molecule has 0 aliphatic rings. The van der Waals surface area contributed by atoms with Gasteiger partial charge in [0.15, 0.2) is 0 Å². The fourth-order valence-electron chi connectivity index (χ4n) is 1.74. The Morgan fingerprint density at radius 2 is 1.93 bits per heavy atom. The number of imidazole rings is 1. The van der Waals surface area contributed by atoms with Gasteiger partial charge in [-0.25, -0.2) is 4.98 Å². The van der Waals surface area contributed by atoms with Gasteiger partial charge < -0.3 is 9.67 Å². The first-order valence-electron chi connectivity index (χ1n) is 5.98. The van der Waals surface area contributed by atoms with Crippen molar-refractivity contribution in [2.45, 2.75) is 58.6 Å². The minimum absolute atomic E-state index is 0.0931. The molecule has 0 bridgehead atoms. The first-order chi connectivity index (χ1) is 7.38. The lowest BCUT2D eigenvalue weighted by molar-refractivity contribution is 0.270. The Hall–Kier alpha value is -0.830. The van der Waals surface area contributed by atoms with Crippen molar-refractivity contribution in [2.24, 2.45) is 0 Å². The fraction of sp³-hybridized carbons (Fsp3) is 0.750. The maximum atomic E-state index is 9.02. The topological polar surface area (TPSA) is 38.0 Å². The van der Waals surface area contributed by atoms with Crippen molar-refractivity contribution in [1.29, 1.82) is 0 Å². The molecule has 0 aromatic carbocycles. The molecule has 0 spiro atoms. The van der Waals surface area contributed by atoms with Crippen molar-refractivity contribution in [1.82, 2.24) is 9.55 Å². The van der Waals surface area contributed by atoms with E-state index in [0.29, 0.717) is 0 Å². The summed E-state index contributed by atoms with van der Waals surface area (Å²) in [6.45, 7) is 3.32. The molecular weight excluding hydrogens is 188 g/mol. The van der Waals surface area contributed by atoms with Crippen molar-refractivity contribution in [3.8, 4) is 0 Å². The van der Waals surface area contributed by atoms with E-state index < -0.39 is 0 Å². The van der Waals surface area contributed by atoms with Crippen LogP contribution in [0.1, 0.15) is 51.1 Å². The average molecular weight is 210 g/mol. The third-order valence-corrected chi connectivity index (χ3v) is 2.71. The molecule has 15 heavy (non-hydrogen) atoms. The molecule has 1 N–H and O–H groups in total. The molecule has 3 nitrogen and oxygen atoms in total. The lowest BCUT2D eigenvalue weighted by Gasteiger charge is -2.05. The highest BCUT2D eigenvalue weighted by atomic mass is 16.3. The van der Waals surface area contributed by atoms with Gasteiger partial charge in [0.1, 0.15) is 0 Å². The van der Waals surface area contributed by atoms with Crippen LogP contribution < -0.4 is 0 Å². The van der Waals surface area contributed by atoms with E-state index in [1.807, 2.05) is 4.57 Å². The van der Waals surface area contributed by atoms with E-state index >= 15 is 0 Å². The van der Waals surface area contributed by atoms with Crippen molar-refractivity contribution in [2.75, 3.05) is 0 Å². The zero-order valence-corrected chi connectivity index (χ0v) is 9.65. The zero-order valence-electron chi connectivity index (χ0n) is 9.65. The highest BCUT2D eigenvalue weighted by molar-refractivity contribution is 4.95. The van der Waals surface area contributed by atoms with Crippen LogP contribution in [0.2, 0.25) is 0 Å². The molecule has 1 heterocycles. The number of aliphatic hydroxyl groups excluding tert-OH is 1. The highest BCUT2D eigenvalue weighted by Crippen LogP contribution is 2.07. The minimum Gasteiger partial charge on any atom is -0.390 e. The van der Waals surface area contributed by atoms with Crippen LogP contribution in [0.4, 0.5) is 0 Å². The molecule has 0 saturated heterocycles. The maximum Gasteiger partial charge on any atom is 0.0948 e. The van der Waals surface area contributed by atoms with Crippen molar-refractivity contribution in [3.63, 3.8) is 0 Å². The van der Waals surface area contributed by atoms with E-state index in [9.17, 15) is 0 Å². The van der Waals surface area contributed by atoms with Crippen molar-refractivity contribution in [3.05, 3.63) is 18.2 Å². The van der Waals surface area contributed by atoms with Crippen LogP contribution in [0.5, 0.6) is 0 Å². The van der Waals surface area contributed by atoms with Crippen molar-refractivity contribution >= 4 is 0 Å². The number of hydrogen-bond acceptors (Lipinski definition) is 2. The van der Waals surface area contributed by atoms with E-state index in [-0.39, 0.29) is 6.61 Å². The number of aromatic nitrogens is 2. The Morgan fingerprint density at radius 3 is 2.67 bits per heavy atom. The second kappa shape index (κ2) is 7.46. The van der Waals surface area contributed by atoms with E-state index in [0.717, 1.165) is 12.2 Å². The molecule has 86 valence electrons. The van der Waals surface area contributed by atoms with Crippen LogP contribution >= 0.6 is 0 Å². The van der Waals surface area contributed by atoms with Gasteiger partial charge >= 0.3 is 0 Å². The molecule has 0 amide bonds. The van der Waals surface area contributed by atoms with Crippen LogP contribution in [0.3, 0.4) is 0 Å². The Kier molecular flexibility index (Phi) is 6.09. The van der Waals surface area contributed by atoms with Gasteiger partial charge in [-0.05, 0) is 6.42 Å². The fourth-order valence-corrected chi connectivity index (χ4v) is 1.74. The third kappa shape index (κ3) is 4.47. The summed E-state index contributed by atoms with van der Waals surface area (Å²) < 4.78 is 2.04. The normalized spacial score (nSPS) is 10.8. The Morgan fingerprint density at radius 1 is 1.20 bits per heavy atom. The van der Waals surface area contributed by atoms with E-state index in [2.05, 4.69) is 11.9 Å². The summed E-state index contributed by atoms with van der Waals surface area (Å²) in [5.41, 5.74) is 0.920. The predicted molar refractivity (Wildman–Crippen MR) is 61.5 cm³/mol. The number of aryl methyl sites for hydroxylation is 1. The molecule has 1 rings (SSSR count). The van der Waals surface area contributed by atoms with Gasteiger partial charge in [-0.3, -0.25) is 0 Å². The first-order valence-corrected chi connectivity index (χ1v) is 5.98. The Balaban J connectivity index is 2.09. The van der Waals surface area contributed by atoms with Gasteiger partial charge in [-0.2, -0.15) is 0 Å². The number of aliphatic hydroxyl groups is 1.